The number of aromatic nitrogens is 2. The fourth-order valence-corrected chi connectivity index (χ4v) is 1.52. The van der Waals surface area contributed by atoms with E-state index in [4.69, 9.17) is 11.6 Å². The van der Waals surface area contributed by atoms with Gasteiger partial charge in [0.2, 0.25) is 11.7 Å². The molecule has 0 aliphatic heterocycles. The molecule has 1 heterocycles. The first-order valence-electron chi connectivity index (χ1n) is 5.83. The van der Waals surface area contributed by atoms with Crippen molar-refractivity contribution >= 4 is 23.3 Å². The lowest BCUT2D eigenvalue weighted by Gasteiger charge is -2.18. The molecule has 1 amide bonds. The number of carbonyl (C=O) groups excluding carboxylic acids is 1. The molecule has 0 unspecified atom stereocenters. The zero-order valence-electron chi connectivity index (χ0n) is 11.0. The van der Waals surface area contributed by atoms with Crippen LogP contribution in [0.15, 0.2) is 6.07 Å². The van der Waals surface area contributed by atoms with E-state index in [1.807, 2.05) is 6.92 Å². The number of likely N-dealkylation sites (N-methyl/N-ethyl adjacent to an activating group) is 1. The number of halogens is 4. The molecule has 20 heavy (non-hydrogen) atoms. The van der Waals surface area contributed by atoms with Crippen LogP contribution in [-0.4, -0.2) is 36.0 Å². The van der Waals surface area contributed by atoms with Crippen LogP contribution in [0.5, 0.6) is 0 Å². The number of anilines is 1. The van der Waals surface area contributed by atoms with E-state index < -0.39 is 12.0 Å². The fraction of sp³-hybridized carbons (Fsp3) is 0.545. The molecule has 0 spiro atoms. The van der Waals surface area contributed by atoms with Crippen LogP contribution in [-0.2, 0) is 11.0 Å². The van der Waals surface area contributed by atoms with Gasteiger partial charge in [-0.05, 0) is 6.42 Å². The van der Waals surface area contributed by atoms with Gasteiger partial charge in [0.1, 0.15) is 11.0 Å². The third-order valence-electron chi connectivity index (χ3n) is 2.28. The number of rotatable bonds is 5. The van der Waals surface area contributed by atoms with Gasteiger partial charge < -0.3 is 10.2 Å². The molecule has 0 aliphatic rings. The lowest BCUT2D eigenvalue weighted by molar-refractivity contribution is -0.144. The van der Waals surface area contributed by atoms with Gasteiger partial charge in [0.05, 0.1) is 6.54 Å². The molecule has 0 bridgehead atoms. The van der Waals surface area contributed by atoms with Gasteiger partial charge in [-0.15, -0.1) is 0 Å². The summed E-state index contributed by atoms with van der Waals surface area (Å²) in [4.78, 5) is 19.3. The van der Waals surface area contributed by atoms with Gasteiger partial charge in [0.15, 0.2) is 0 Å². The molecule has 1 rings (SSSR count). The minimum Gasteiger partial charge on any atom is -0.355 e. The van der Waals surface area contributed by atoms with Crippen LogP contribution in [0.1, 0.15) is 19.2 Å². The summed E-state index contributed by atoms with van der Waals surface area (Å²) in [5.41, 5.74) is 0. The van der Waals surface area contributed by atoms with Crippen LogP contribution in [0.2, 0.25) is 5.15 Å². The minimum absolute atomic E-state index is 0.0658. The normalized spacial score (nSPS) is 11.3. The van der Waals surface area contributed by atoms with Gasteiger partial charge >= 0.3 is 6.18 Å². The summed E-state index contributed by atoms with van der Waals surface area (Å²) in [6.07, 6.45) is -3.92. The van der Waals surface area contributed by atoms with E-state index in [0.717, 1.165) is 6.42 Å². The number of hydrogen-bond donors (Lipinski definition) is 1. The second-order valence-electron chi connectivity index (χ2n) is 4.08. The Morgan fingerprint density at radius 3 is 2.65 bits per heavy atom. The molecule has 0 fully saturated rings. The Morgan fingerprint density at radius 1 is 1.45 bits per heavy atom. The SMILES string of the molecule is CCCNC(=O)CN(C)c1cc(Cl)nc(C(F)(F)F)n1. The molecular formula is C11H14ClF3N4O. The van der Waals surface area contributed by atoms with Crippen LogP contribution in [0.25, 0.3) is 0 Å². The van der Waals surface area contributed by atoms with Crippen LogP contribution in [0.3, 0.4) is 0 Å². The van der Waals surface area contributed by atoms with E-state index in [9.17, 15) is 18.0 Å². The summed E-state index contributed by atoms with van der Waals surface area (Å²) >= 11 is 5.54. The molecule has 0 aliphatic carbocycles. The monoisotopic (exact) mass is 310 g/mol. The Kier molecular flexibility index (Phi) is 5.55. The van der Waals surface area contributed by atoms with Crippen molar-refractivity contribution in [2.75, 3.05) is 25.0 Å². The summed E-state index contributed by atoms with van der Waals surface area (Å²) in [6, 6.07) is 1.17. The number of carbonyl (C=O) groups is 1. The molecule has 1 N–H and O–H groups in total. The molecule has 0 radical (unpaired) electrons. The first-order valence-corrected chi connectivity index (χ1v) is 6.21. The number of nitrogens with one attached hydrogen (secondary N) is 1. The Morgan fingerprint density at radius 2 is 2.10 bits per heavy atom. The van der Waals surface area contributed by atoms with Crippen LogP contribution in [0.4, 0.5) is 19.0 Å². The lowest BCUT2D eigenvalue weighted by atomic mass is 10.4. The summed E-state index contributed by atoms with van der Waals surface area (Å²) in [6.45, 7) is 2.28. The highest BCUT2D eigenvalue weighted by Gasteiger charge is 2.35. The van der Waals surface area contributed by atoms with Crippen LogP contribution in [0, 0.1) is 0 Å². The summed E-state index contributed by atoms with van der Waals surface area (Å²) < 4.78 is 37.7. The van der Waals surface area contributed by atoms with E-state index in [1.165, 1.54) is 18.0 Å². The van der Waals surface area contributed by atoms with Gasteiger partial charge in [-0.1, -0.05) is 18.5 Å². The van der Waals surface area contributed by atoms with E-state index in [0.29, 0.717) is 6.54 Å². The van der Waals surface area contributed by atoms with Gasteiger partial charge in [-0.3, -0.25) is 4.79 Å². The molecule has 0 atom stereocenters. The van der Waals surface area contributed by atoms with Crippen molar-refractivity contribution in [3.63, 3.8) is 0 Å². The first kappa shape index (κ1) is 16.5. The number of alkyl halides is 3. The zero-order valence-corrected chi connectivity index (χ0v) is 11.7. The second-order valence-corrected chi connectivity index (χ2v) is 4.46. The lowest BCUT2D eigenvalue weighted by Crippen LogP contribution is -2.36. The van der Waals surface area contributed by atoms with E-state index in [2.05, 4.69) is 15.3 Å². The van der Waals surface area contributed by atoms with Crippen molar-refractivity contribution in [2.24, 2.45) is 0 Å². The van der Waals surface area contributed by atoms with Crippen molar-refractivity contribution < 1.29 is 18.0 Å². The third-order valence-corrected chi connectivity index (χ3v) is 2.47. The predicted octanol–water partition coefficient (Wildman–Crippen LogP) is 2.11. The Balaban J connectivity index is 2.85. The highest BCUT2D eigenvalue weighted by Crippen LogP contribution is 2.28. The summed E-state index contributed by atoms with van der Waals surface area (Å²) in [5, 5.41) is 2.28. The first-order chi connectivity index (χ1) is 9.24. The van der Waals surface area contributed by atoms with Crippen molar-refractivity contribution in [1.29, 1.82) is 0 Å². The molecular weight excluding hydrogens is 297 g/mol. The van der Waals surface area contributed by atoms with Gasteiger partial charge in [-0.2, -0.15) is 13.2 Å². The molecule has 9 heteroatoms. The minimum atomic E-state index is -4.69. The second kappa shape index (κ2) is 6.74. The third kappa shape index (κ3) is 4.84. The maximum Gasteiger partial charge on any atom is 0.451 e. The Hall–Kier alpha value is -1.57. The topological polar surface area (TPSA) is 58.1 Å². The molecule has 0 saturated carbocycles. The number of hydrogen-bond acceptors (Lipinski definition) is 4. The average Bonchev–Trinajstić information content (AvgIpc) is 2.34. The van der Waals surface area contributed by atoms with Crippen molar-refractivity contribution in [1.82, 2.24) is 15.3 Å². The van der Waals surface area contributed by atoms with Crippen molar-refractivity contribution in [3.05, 3.63) is 17.0 Å². The van der Waals surface area contributed by atoms with E-state index >= 15 is 0 Å². The standard InChI is InChI=1S/C11H14ClF3N4O/c1-3-4-16-9(20)6-19(2)8-5-7(12)17-10(18-8)11(13,14)15/h5H,3-4,6H2,1-2H3,(H,16,20). The molecule has 1 aromatic heterocycles. The summed E-state index contributed by atoms with van der Waals surface area (Å²) in [5.74, 6) is -1.71. The largest absolute Gasteiger partial charge is 0.451 e. The Bertz CT molecular complexity index is 481. The summed E-state index contributed by atoms with van der Waals surface area (Å²) in [7, 11) is 1.45. The van der Waals surface area contributed by atoms with E-state index in [1.54, 1.807) is 0 Å². The maximum atomic E-state index is 12.6. The average molecular weight is 311 g/mol. The van der Waals surface area contributed by atoms with Crippen LogP contribution < -0.4 is 10.2 Å². The zero-order chi connectivity index (χ0) is 15.3. The Labute approximate surface area is 119 Å². The van der Waals surface area contributed by atoms with Gasteiger partial charge in [-0.25, -0.2) is 9.97 Å². The smallest absolute Gasteiger partial charge is 0.355 e. The van der Waals surface area contributed by atoms with Crippen molar-refractivity contribution in [2.45, 2.75) is 19.5 Å². The predicted molar refractivity (Wildman–Crippen MR) is 68.6 cm³/mol. The molecule has 1 aromatic rings. The van der Waals surface area contributed by atoms with E-state index in [-0.39, 0.29) is 23.4 Å². The molecule has 0 saturated heterocycles. The quantitative estimate of drug-likeness (QED) is 0.846. The fourth-order valence-electron chi connectivity index (χ4n) is 1.34. The number of nitrogens with zero attached hydrogens (tertiary/aromatic N) is 3. The highest BCUT2D eigenvalue weighted by atomic mass is 35.5. The molecule has 5 nitrogen and oxygen atoms in total. The molecule has 0 aromatic carbocycles. The van der Waals surface area contributed by atoms with Crippen LogP contribution >= 0.6 is 11.6 Å². The molecule has 112 valence electrons. The van der Waals surface area contributed by atoms with Crippen molar-refractivity contribution in [3.8, 4) is 0 Å². The highest BCUT2D eigenvalue weighted by molar-refractivity contribution is 6.29. The number of amides is 1. The van der Waals surface area contributed by atoms with Gasteiger partial charge in [0.25, 0.3) is 0 Å². The van der Waals surface area contributed by atoms with Gasteiger partial charge in [0, 0.05) is 19.7 Å². The maximum absolute atomic E-state index is 12.6.